The zero-order valence-electron chi connectivity index (χ0n) is 13.8. The molecule has 4 heteroatoms. The number of rotatable bonds is 8. The fraction of sp³-hybridized carbons (Fsp3) is 0.421. The smallest absolute Gasteiger partial charge is 0.220 e. The van der Waals surface area contributed by atoms with Crippen molar-refractivity contribution in [2.24, 2.45) is 5.92 Å². The minimum atomic E-state index is -0.0218. The quantitative estimate of drug-likeness (QED) is 0.736. The van der Waals surface area contributed by atoms with Gasteiger partial charge in [-0.2, -0.15) is 0 Å². The summed E-state index contributed by atoms with van der Waals surface area (Å²) in [7, 11) is 0. The number of benzene rings is 2. The predicted octanol–water partition coefficient (Wildman–Crippen LogP) is 3.13. The van der Waals surface area contributed by atoms with Gasteiger partial charge in [0.2, 0.25) is 5.91 Å². The minimum absolute atomic E-state index is 0.000630. The van der Waals surface area contributed by atoms with Crippen molar-refractivity contribution in [1.29, 1.82) is 0 Å². The highest BCUT2D eigenvalue weighted by Crippen LogP contribution is 2.25. The molecule has 2 aromatic rings. The summed E-state index contributed by atoms with van der Waals surface area (Å²) < 4.78 is 5.82. The zero-order valence-corrected chi connectivity index (χ0v) is 13.8. The first kappa shape index (κ1) is 17.3. The SMILES string of the molecule is CC(CO)C(C)NC(=O)CCCOc1cccc2ccccc12. The van der Waals surface area contributed by atoms with E-state index < -0.39 is 0 Å². The molecule has 0 saturated carbocycles. The van der Waals surface area contributed by atoms with Crippen molar-refractivity contribution in [3.63, 3.8) is 0 Å². The normalized spacial score (nSPS) is 13.5. The van der Waals surface area contributed by atoms with Crippen LogP contribution in [0.15, 0.2) is 42.5 Å². The van der Waals surface area contributed by atoms with Crippen molar-refractivity contribution in [2.45, 2.75) is 32.7 Å². The van der Waals surface area contributed by atoms with Crippen LogP contribution in [0, 0.1) is 5.92 Å². The lowest BCUT2D eigenvalue weighted by Crippen LogP contribution is -2.38. The summed E-state index contributed by atoms with van der Waals surface area (Å²) >= 11 is 0. The first-order valence-corrected chi connectivity index (χ1v) is 8.12. The second kappa shape index (κ2) is 8.53. The van der Waals surface area contributed by atoms with Crippen LogP contribution in [0.1, 0.15) is 26.7 Å². The van der Waals surface area contributed by atoms with Crippen LogP contribution in [0.4, 0.5) is 0 Å². The Morgan fingerprint density at radius 3 is 2.70 bits per heavy atom. The number of fused-ring (bicyclic) bond motifs is 1. The second-order valence-electron chi connectivity index (χ2n) is 5.95. The highest BCUT2D eigenvalue weighted by molar-refractivity contribution is 5.88. The standard InChI is InChI=1S/C19H25NO3/c1-14(13-21)15(2)20-19(22)11-6-12-23-18-10-5-8-16-7-3-4-9-17(16)18/h3-5,7-10,14-15,21H,6,11-13H2,1-2H3,(H,20,22). The topological polar surface area (TPSA) is 58.6 Å². The van der Waals surface area contributed by atoms with Crippen LogP contribution in [0.3, 0.4) is 0 Å². The number of aliphatic hydroxyl groups excluding tert-OH is 1. The van der Waals surface area contributed by atoms with Crippen LogP contribution < -0.4 is 10.1 Å². The Kier molecular flexibility index (Phi) is 6.41. The predicted molar refractivity (Wildman–Crippen MR) is 92.5 cm³/mol. The molecule has 4 nitrogen and oxygen atoms in total. The first-order valence-electron chi connectivity index (χ1n) is 8.12. The average molecular weight is 315 g/mol. The Hall–Kier alpha value is -2.07. The van der Waals surface area contributed by atoms with E-state index in [9.17, 15) is 4.79 Å². The molecule has 0 radical (unpaired) electrons. The van der Waals surface area contributed by atoms with Crippen molar-refractivity contribution in [2.75, 3.05) is 13.2 Å². The lowest BCUT2D eigenvalue weighted by atomic mass is 10.1. The van der Waals surface area contributed by atoms with Gasteiger partial charge in [-0.15, -0.1) is 0 Å². The Balaban J connectivity index is 1.78. The highest BCUT2D eigenvalue weighted by atomic mass is 16.5. The number of amides is 1. The summed E-state index contributed by atoms with van der Waals surface area (Å²) in [6.45, 7) is 4.40. The van der Waals surface area contributed by atoms with Gasteiger partial charge in [0.15, 0.2) is 0 Å². The number of nitrogens with one attached hydrogen (secondary N) is 1. The van der Waals surface area contributed by atoms with E-state index in [4.69, 9.17) is 9.84 Å². The molecule has 0 spiro atoms. The fourth-order valence-electron chi connectivity index (χ4n) is 2.36. The zero-order chi connectivity index (χ0) is 16.7. The van der Waals surface area contributed by atoms with Crippen LogP contribution in [-0.2, 0) is 4.79 Å². The van der Waals surface area contributed by atoms with Gasteiger partial charge < -0.3 is 15.2 Å². The third-order valence-electron chi connectivity index (χ3n) is 4.09. The van der Waals surface area contributed by atoms with Crippen molar-refractivity contribution >= 4 is 16.7 Å². The maximum Gasteiger partial charge on any atom is 0.220 e. The van der Waals surface area contributed by atoms with Crippen LogP contribution in [0.25, 0.3) is 10.8 Å². The number of hydrogen-bond donors (Lipinski definition) is 2. The Labute approximate surface area is 137 Å². The van der Waals surface area contributed by atoms with Crippen molar-refractivity contribution < 1.29 is 14.6 Å². The van der Waals surface area contributed by atoms with Gasteiger partial charge in [-0.05, 0) is 30.7 Å². The Morgan fingerprint density at radius 1 is 1.17 bits per heavy atom. The number of carbonyl (C=O) groups excluding carboxylic acids is 1. The number of aliphatic hydroxyl groups is 1. The average Bonchev–Trinajstić information content (AvgIpc) is 2.58. The van der Waals surface area contributed by atoms with Gasteiger partial charge in [-0.25, -0.2) is 0 Å². The lowest BCUT2D eigenvalue weighted by molar-refractivity contribution is -0.122. The monoisotopic (exact) mass is 315 g/mol. The first-order chi connectivity index (χ1) is 11.1. The number of ether oxygens (including phenoxy) is 1. The lowest BCUT2D eigenvalue weighted by Gasteiger charge is -2.19. The molecule has 2 aromatic carbocycles. The van der Waals surface area contributed by atoms with Crippen LogP contribution in [0.2, 0.25) is 0 Å². The van der Waals surface area contributed by atoms with Crippen LogP contribution in [-0.4, -0.2) is 30.3 Å². The summed E-state index contributed by atoms with van der Waals surface area (Å²) in [6, 6.07) is 14.0. The van der Waals surface area contributed by atoms with Crippen LogP contribution >= 0.6 is 0 Å². The van der Waals surface area contributed by atoms with E-state index in [0.717, 1.165) is 16.5 Å². The number of hydrogen-bond acceptors (Lipinski definition) is 3. The van der Waals surface area contributed by atoms with Crippen LogP contribution in [0.5, 0.6) is 5.75 Å². The molecule has 2 N–H and O–H groups in total. The summed E-state index contributed by atoms with van der Waals surface area (Å²) in [5.74, 6) is 0.913. The molecule has 1 amide bonds. The fourth-order valence-corrected chi connectivity index (χ4v) is 2.36. The van der Waals surface area contributed by atoms with Crippen molar-refractivity contribution in [3.8, 4) is 5.75 Å². The Morgan fingerprint density at radius 2 is 1.91 bits per heavy atom. The maximum atomic E-state index is 11.8. The van der Waals surface area contributed by atoms with Gasteiger partial charge in [0.05, 0.1) is 6.61 Å². The molecule has 0 heterocycles. The summed E-state index contributed by atoms with van der Waals surface area (Å²) in [5.41, 5.74) is 0. The van der Waals surface area contributed by atoms with Gasteiger partial charge >= 0.3 is 0 Å². The third-order valence-corrected chi connectivity index (χ3v) is 4.09. The molecule has 0 bridgehead atoms. The molecule has 0 aromatic heterocycles. The molecule has 124 valence electrons. The van der Waals surface area contributed by atoms with Gasteiger partial charge in [-0.1, -0.05) is 43.3 Å². The van der Waals surface area contributed by atoms with E-state index in [-0.39, 0.29) is 24.5 Å². The van der Waals surface area contributed by atoms with E-state index in [0.29, 0.717) is 19.4 Å². The van der Waals surface area contributed by atoms with Gasteiger partial charge in [-0.3, -0.25) is 4.79 Å². The molecule has 23 heavy (non-hydrogen) atoms. The molecule has 0 saturated heterocycles. The molecule has 0 aliphatic heterocycles. The largest absolute Gasteiger partial charge is 0.493 e. The van der Waals surface area contributed by atoms with Crippen molar-refractivity contribution in [3.05, 3.63) is 42.5 Å². The van der Waals surface area contributed by atoms with E-state index in [1.165, 1.54) is 0 Å². The second-order valence-corrected chi connectivity index (χ2v) is 5.95. The summed E-state index contributed by atoms with van der Waals surface area (Å²) in [5, 5.41) is 14.2. The Bertz CT molecular complexity index is 636. The molecule has 0 fully saturated rings. The molecular formula is C19H25NO3. The molecule has 0 aliphatic carbocycles. The van der Waals surface area contributed by atoms with E-state index in [1.807, 2.05) is 44.2 Å². The highest BCUT2D eigenvalue weighted by Gasteiger charge is 2.13. The molecule has 2 unspecified atom stereocenters. The summed E-state index contributed by atoms with van der Waals surface area (Å²) in [4.78, 5) is 11.8. The minimum Gasteiger partial charge on any atom is -0.493 e. The molecule has 2 rings (SSSR count). The van der Waals surface area contributed by atoms with E-state index >= 15 is 0 Å². The molecule has 2 atom stereocenters. The van der Waals surface area contributed by atoms with E-state index in [1.54, 1.807) is 0 Å². The number of carbonyl (C=O) groups is 1. The van der Waals surface area contributed by atoms with Gasteiger partial charge in [0.1, 0.15) is 5.75 Å². The maximum absolute atomic E-state index is 11.8. The molecular weight excluding hydrogens is 290 g/mol. The van der Waals surface area contributed by atoms with Crippen molar-refractivity contribution in [1.82, 2.24) is 5.32 Å². The third kappa shape index (κ3) is 4.96. The van der Waals surface area contributed by atoms with Gasteiger partial charge in [0.25, 0.3) is 0 Å². The molecule has 0 aliphatic rings. The van der Waals surface area contributed by atoms with E-state index in [2.05, 4.69) is 17.4 Å². The van der Waals surface area contributed by atoms with Gasteiger partial charge in [0, 0.05) is 24.5 Å². The summed E-state index contributed by atoms with van der Waals surface area (Å²) in [6.07, 6.45) is 1.09.